The van der Waals surface area contributed by atoms with Crippen LogP contribution in [0.1, 0.15) is 32.8 Å². The summed E-state index contributed by atoms with van der Waals surface area (Å²) in [6.45, 7) is 9.02. The minimum atomic E-state index is 0.114. The third-order valence-corrected chi connectivity index (χ3v) is 3.61. The second-order valence-electron chi connectivity index (χ2n) is 5.96. The second kappa shape index (κ2) is 8.47. The van der Waals surface area contributed by atoms with Gasteiger partial charge >= 0.3 is 0 Å². The van der Waals surface area contributed by atoms with Crippen LogP contribution in [0.5, 0.6) is 11.5 Å². The van der Waals surface area contributed by atoms with E-state index in [0.29, 0.717) is 0 Å². The molecule has 1 N–H and O–H groups in total. The standard InChI is InChI=1S/C20H27NO2/c1-5-17(23-19-12-8-6-10-16(19)4)14-21-18-11-7-9-13-20(18)22-15(2)3/h6-13,15,17,21H,5,14H2,1-4H3. The van der Waals surface area contributed by atoms with E-state index in [1.165, 1.54) is 0 Å². The molecule has 2 aromatic carbocycles. The summed E-state index contributed by atoms with van der Waals surface area (Å²) in [4.78, 5) is 0. The maximum atomic E-state index is 6.13. The summed E-state index contributed by atoms with van der Waals surface area (Å²) in [5.41, 5.74) is 2.17. The molecule has 0 heterocycles. The maximum Gasteiger partial charge on any atom is 0.142 e. The molecule has 3 heteroatoms. The molecule has 124 valence electrons. The number of hydrogen-bond donors (Lipinski definition) is 1. The van der Waals surface area contributed by atoms with Crippen molar-refractivity contribution in [3.05, 3.63) is 54.1 Å². The van der Waals surface area contributed by atoms with Gasteiger partial charge in [0.2, 0.25) is 0 Å². The molecule has 0 aliphatic heterocycles. The van der Waals surface area contributed by atoms with E-state index in [0.717, 1.165) is 35.7 Å². The van der Waals surface area contributed by atoms with E-state index in [1.54, 1.807) is 0 Å². The van der Waals surface area contributed by atoms with E-state index in [2.05, 4.69) is 25.2 Å². The molecule has 0 amide bonds. The predicted octanol–water partition coefficient (Wildman–Crippen LogP) is 5.05. The third-order valence-electron chi connectivity index (χ3n) is 3.61. The van der Waals surface area contributed by atoms with Gasteiger partial charge in [-0.15, -0.1) is 0 Å². The van der Waals surface area contributed by atoms with E-state index < -0.39 is 0 Å². The Morgan fingerprint density at radius 3 is 2.22 bits per heavy atom. The van der Waals surface area contributed by atoms with E-state index in [-0.39, 0.29) is 12.2 Å². The first kappa shape index (κ1) is 17.2. The highest BCUT2D eigenvalue weighted by Gasteiger charge is 2.11. The van der Waals surface area contributed by atoms with Crippen molar-refractivity contribution in [2.45, 2.75) is 46.3 Å². The lowest BCUT2D eigenvalue weighted by Gasteiger charge is -2.21. The minimum absolute atomic E-state index is 0.114. The van der Waals surface area contributed by atoms with Crippen LogP contribution in [0, 0.1) is 6.92 Å². The summed E-state index contributed by atoms with van der Waals surface area (Å²) in [5.74, 6) is 1.83. The van der Waals surface area contributed by atoms with Gasteiger partial charge in [0.05, 0.1) is 18.3 Å². The van der Waals surface area contributed by atoms with Gasteiger partial charge in [-0.25, -0.2) is 0 Å². The Labute approximate surface area is 139 Å². The molecule has 0 aliphatic rings. The molecular weight excluding hydrogens is 286 g/mol. The van der Waals surface area contributed by atoms with Gasteiger partial charge in [-0.3, -0.25) is 0 Å². The van der Waals surface area contributed by atoms with Crippen LogP contribution in [0.4, 0.5) is 5.69 Å². The Morgan fingerprint density at radius 1 is 0.913 bits per heavy atom. The normalized spacial score (nSPS) is 12.0. The van der Waals surface area contributed by atoms with Crippen LogP contribution in [0.15, 0.2) is 48.5 Å². The zero-order chi connectivity index (χ0) is 16.7. The quantitative estimate of drug-likeness (QED) is 0.739. The summed E-state index contributed by atoms with van der Waals surface area (Å²) in [5, 5.41) is 3.46. The number of nitrogens with one attached hydrogen (secondary N) is 1. The predicted molar refractivity (Wildman–Crippen MR) is 96.6 cm³/mol. The van der Waals surface area contributed by atoms with Crippen LogP contribution in [0.3, 0.4) is 0 Å². The largest absolute Gasteiger partial charge is 0.489 e. The summed E-state index contributed by atoms with van der Waals surface area (Å²) < 4.78 is 12.0. The van der Waals surface area contributed by atoms with Gasteiger partial charge in [-0.05, 0) is 51.0 Å². The van der Waals surface area contributed by atoms with Crippen molar-refractivity contribution in [2.24, 2.45) is 0 Å². The fraction of sp³-hybridized carbons (Fsp3) is 0.400. The maximum absolute atomic E-state index is 6.13. The molecule has 1 unspecified atom stereocenters. The van der Waals surface area contributed by atoms with Crippen molar-refractivity contribution in [2.75, 3.05) is 11.9 Å². The van der Waals surface area contributed by atoms with E-state index in [1.807, 2.05) is 56.3 Å². The molecule has 1 atom stereocenters. The molecular formula is C20H27NO2. The molecule has 3 nitrogen and oxygen atoms in total. The van der Waals surface area contributed by atoms with Gasteiger partial charge in [0.25, 0.3) is 0 Å². The topological polar surface area (TPSA) is 30.5 Å². The fourth-order valence-corrected chi connectivity index (χ4v) is 2.33. The van der Waals surface area contributed by atoms with Crippen molar-refractivity contribution in [1.82, 2.24) is 0 Å². The molecule has 2 rings (SSSR count). The van der Waals surface area contributed by atoms with Crippen LogP contribution in [-0.4, -0.2) is 18.8 Å². The smallest absolute Gasteiger partial charge is 0.142 e. The van der Waals surface area contributed by atoms with Crippen LogP contribution >= 0.6 is 0 Å². The van der Waals surface area contributed by atoms with E-state index in [9.17, 15) is 0 Å². The lowest BCUT2D eigenvalue weighted by atomic mass is 10.2. The Kier molecular flexibility index (Phi) is 6.33. The molecule has 0 aromatic heterocycles. The molecule has 0 saturated carbocycles. The number of anilines is 1. The number of rotatable bonds is 8. The number of ether oxygens (including phenoxy) is 2. The summed E-state index contributed by atoms with van der Waals surface area (Å²) in [6, 6.07) is 16.2. The average molecular weight is 313 g/mol. The first-order valence-electron chi connectivity index (χ1n) is 8.32. The Hall–Kier alpha value is -2.16. The zero-order valence-electron chi connectivity index (χ0n) is 14.5. The van der Waals surface area contributed by atoms with Gasteiger partial charge < -0.3 is 14.8 Å². The highest BCUT2D eigenvalue weighted by atomic mass is 16.5. The van der Waals surface area contributed by atoms with E-state index in [4.69, 9.17) is 9.47 Å². The second-order valence-corrected chi connectivity index (χ2v) is 5.96. The van der Waals surface area contributed by atoms with Gasteiger partial charge in [0.15, 0.2) is 0 Å². The number of hydrogen-bond acceptors (Lipinski definition) is 3. The van der Waals surface area contributed by atoms with E-state index >= 15 is 0 Å². The van der Waals surface area contributed by atoms with Crippen molar-refractivity contribution < 1.29 is 9.47 Å². The van der Waals surface area contributed by atoms with Crippen molar-refractivity contribution in [3.8, 4) is 11.5 Å². The van der Waals surface area contributed by atoms with Crippen molar-refractivity contribution in [1.29, 1.82) is 0 Å². The lowest BCUT2D eigenvalue weighted by molar-refractivity contribution is 0.208. The first-order valence-corrected chi connectivity index (χ1v) is 8.32. The average Bonchev–Trinajstić information content (AvgIpc) is 2.54. The van der Waals surface area contributed by atoms with Crippen LogP contribution < -0.4 is 14.8 Å². The summed E-state index contributed by atoms with van der Waals surface area (Å²) >= 11 is 0. The van der Waals surface area contributed by atoms with Gasteiger partial charge in [-0.1, -0.05) is 37.3 Å². The van der Waals surface area contributed by atoms with Crippen LogP contribution in [0.25, 0.3) is 0 Å². The molecule has 0 spiro atoms. The summed E-state index contributed by atoms with van der Waals surface area (Å²) in [7, 11) is 0. The lowest BCUT2D eigenvalue weighted by Crippen LogP contribution is -2.26. The van der Waals surface area contributed by atoms with Crippen LogP contribution in [0.2, 0.25) is 0 Å². The molecule has 0 radical (unpaired) electrons. The Balaban J connectivity index is 1.99. The molecule has 0 fully saturated rings. The fourth-order valence-electron chi connectivity index (χ4n) is 2.33. The molecule has 0 aliphatic carbocycles. The number of para-hydroxylation sites is 3. The SMILES string of the molecule is CCC(CNc1ccccc1OC(C)C)Oc1ccccc1C. The molecule has 2 aromatic rings. The monoisotopic (exact) mass is 313 g/mol. The number of aryl methyl sites for hydroxylation is 1. The van der Waals surface area contributed by atoms with Gasteiger partial charge in [-0.2, -0.15) is 0 Å². The Bertz CT molecular complexity index is 610. The first-order chi connectivity index (χ1) is 11.1. The highest BCUT2D eigenvalue weighted by molar-refractivity contribution is 5.56. The van der Waals surface area contributed by atoms with Crippen molar-refractivity contribution >= 4 is 5.69 Å². The van der Waals surface area contributed by atoms with Gasteiger partial charge in [0, 0.05) is 0 Å². The molecule has 23 heavy (non-hydrogen) atoms. The zero-order valence-corrected chi connectivity index (χ0v) is 14.5. The molecule has 0 saturated heterocycles. The van der Waals surface area contributed by atoms with Gasteiger partial charge in [0.1, 0.15) is 17.6 Å². The Morgan fingerprint density at radius 2 is 1.57 bits per heavy atom. The van der Waals surface area contributed by atoms with Crippen molar-refractivity contribution in [3.63, 3.8) is 0 Å². The summed E-state index contributed by atoms with van der Waals surface area (Å²) in [6.07, 6.45) is 1.21. The number of benzene rings is 2. The third kappa shape index (κ3) is 5.20. The minimum Gasteiger partial charge on any atom is -0.489 e. The highest BCUT2D eigenvalue weighted by Crippen LogP contribution is 2.25. The van der Waals surface area contributed by atoms with Crippen LogP contribution in [-0.2, 0) is 0 Å². The molecule has 0 bridgehead atoms.